The van der Waals surface area contributed by atoms with E-state index in [1.807, 2.05) is 63.1 Å². The Kier molecular flexibility index (Phi) is 9.61. The molecule has 4 amide bonds. The van der Waals surface area contributed by atoms with Gasteiger partial charge in [0.05, 0.1) is 22.8 Å². The van der Waals surface area contributed by atoms with Crippen molar-refractivity contribution in [2.24, 2.45) is 0 Å². The number of aryl methyl sites for hydroxylation is 1. The number of hydrogen-bond donors (Lipinski definition) is 2. The Morgan fingerprint density at radius 2 is 1.80 bits per heavy atom. The second-order valence-electron chi connectivity index (χ2n) is 14.9. The molecule has 50 heavy (non-hydrogen) atoms. The van der Waals surface area contributed by atoms with E-state index >= 15 is 0 Å². The summed E-state index contributed by atoms with van der Waals surface area (Å²) in [5.74, 6) is 0. The second kappa shape index (κ2) is 14.2. The molecule has 0 radical (unpaired) electrons. The Balaban J connectivity index is 1.06. The van der Waals surface area contributed by atoms with Crippen molar-refractivity contribution in [3.05, 3.63) is 101 Å². The Morgan fingerprint density at radius 1 is 1.02 bits per heavy atom. The summed E-state index contributed by atoms with van der Waals surface area (Å²) in [7, 11) is -1.16. The number of carbonyl (C=O) groups excluding carboxylic acids is 2. The van der Waals surface area contributed by atoms with E-state index in [9.17, 15) is 9.59 Å². The van der Waals surface area contributed by atoms with Gasteiger partial charge in [-0.2, -0.15) is 24.7 Å². The minimum absolute atomic E-state index is 0.0681. The second-order valence-corrected chi connectivity index (χ2v) is 20.6. The normalized spacial score (nSPS) is 16.0. The maximum Gasteiger partial charge on any atom is 0.322 e. The molecule has 0 spiro atoms. The van der Waals surface area contributed by atoms with Gasteiger partial charge in [-0.1, -0.05) is 48.5 Å². The minimum atomic E-state index is -1.16. The van der Waals surface area contributed by atoms with Crippen molar-refractivity contribution >= 4 is 47.6 Å². The van der Waals surface area contributed by atoms with Gasteiger partial charge in [0.1, 0.15) is 6.73 Å². The van der Waals surface area contributed by atoms with Crippen LogP contribution >= 0.6 is 0 Å². The lowest BCUT2D eigenvalue weighted by molar-refractivity contribution is 0.0791. The van der Waals surface area contributed by atoms with Gasteiger partial charge in [0, 0.05) is 54.9 Å². The third-order valence-corrected chi connectivity index (χ3v) is 11.6. The molecule has 2 aromatic heterocycles. The van der Waals surface area contributed by atoms with Crippen molar-refractivity contribution in [1.82, 2.24) is 29.9 Å². The minimum Gasteiger partial charge on any atom is -0.362 e. The topological polar surface area (TPSA) is 105 Å². The molecular formula is C39H47N7O3Si-. The number of para-hydroxylation sites is 2. The van der Waals surface area contributed by atoms with Crippen LogP contribution in [0.3, 0.4) is 0 Å². The summed E-state index contributed by atoms with van der Waals surface area (Å²) in [4.78, 5) is 35.6. The number of nitrogens with zero attached hydrogens (tertiary/aromatic N) is 5. The average molecular weight is 690 g/mol. The summed E-state index contributed by atoms with van der Waals surface area (Å²) < 4.78 is 7.85. The van der Waals surface area contributed by atoms with Crippen molar-refractivity contribution in [2.75, 3.05) is 25.0 Å². The van der Waals surface area contributed by atoms with Gasteiger partial charge in [-0.3, -0.25) is 4.98 Å². The summed E-state index contributed by atoms with van der Waals surface area (Å²) in [5, 5.41) is 13.3. The number of aromatic nitrogens is 3. The molecule has 261 valence electrons. The molecule has 1 fully saturated rings. The summed E-state index contributed by atoms with van der Waals surface area (Å²) in [5.41, 5.74) is 6.86. The molecule has 0 bridgehead atoms. The summed E-state index contributed by atoms with van der Waals surface area (Å²) in [6, 6.07) is 25.1. The molecule has 11 heteroatoms. The predicted octanol–water partition coefficient (Wildman–Crippen LogP) is 7.71. The SMILES string of the molecule is Cc1cc(CC(NC(=O)N2CCC(N3Cc4ccccc4NC3=O)CC2)c2ccc3ccccc3n2)cc2cn(COCC[Si-](C)(C)C)nc12. The number of amides is 4. The number of piperidine rings is 1. The smallest absolute Gasteiger partial charge is 0.322 e. The van der Waals surface area contributed by atoms with E-state index in [1.54, 1.807) is 0 Å². The molecule has 2 aliphatic heterocycles. The highest BCUT2D eigenvalue weighted by atomic mass is 28.3. The molecule has 10 nitrogen and oxygen atoms in total. The van der Waals surface area contributed by atoms with Crippen LogP contribution in [0.4, 0.5) is 15.3 Å². The predicted molar refractivity (Wildman–Crippen MR) is 201 cm³/mol. The van der Waals surface area contributed by atoms with Crippen molar-refractivity contribution in [1.29, 1.82) is 0 Å². The maximum absolute atomic E-state index is 13.9. The molecule has 7 rings (SSSR count). The molecule has 2 aliphatic rings. The molecule has 2 N–H and O–H groups in total. The maximum atomic E-state index is 13.9. The first-order valence-electron chi connectivity index (χ1n) is 17.7. The van der Waals surface area contributed by atoms with Crippen LogP contribution in [0.5, 0.6) is 0 Å². The lowest BCUT2D eigenvalue weighted by Crippen LogP contribution is -2.53. The van der Waals surface area contributed by atoms with Crippen molar-refractivity contribution in [2.45, 2.75) is 77.2 Å². The van der Waals surface area contributed by atoms with Gasteiger partial charge in [0.15, 0.2) is 0 Å². The van der Waals surface area contributed by atoms with E-state index in [0.29, 0.717) is 32.8 Å². The molecule has 1 unspecified atom stereocenters. The zero-order valence-corrected chi connectivity index (χ0v) is 30.5. The highest BCUT2D eigenvalue weighted by molar-refractivity contribution is 6.76. The van der Waals surface area contributed by atoms with Crippen LogP contribution in [-0.4, -0.2) is 70.4 Å². The van der Waals surface area contributed by atoms with E-state index in [2.05, 4.69) is 67.5 Å². The molecule has 5 aromatic rings. The van der Waals surface area contributed by atoms with Gasteiger partial charge < -0.3 is 25.2 Å². The molecule has 1 saturated heterocycles. The average Bonchev–Trinajstić information content (AvgIpc) is 3.52. The lowest BCUT2D eigenvalue weighted by Gasteiger charge is -2.40. The third kappa shape index (κ3) is 7.68. The number of pyridine rings is 1. The number of benzene rings is 3. The highest BCUT2D eigenvalue weighted by Crippen LogP contribution is 2.29. The highest BCUT2D eigenvalue weighted by Gasteiger charge is 2.33. The van der Waals surface area contributed by atoms with Crippen LogP contribution < -0.4 is 10.6 Å². The van der Waals surface area contributed by atoms with Crippen molar-refractivity contribution in [3.63, 3.8) is 0 Å². The van der Waals surface area contributed by atoms with Gasteiger partial charge in [-0.25, -0.2) is 14.3 Å². The molecule has 4 heterocycles. The Morgan fingerprint density at radius 3 is 2.62 bits per heavy atom. The third-order valence-electron chi connectivity index (χ3n) is 9.89. The van der Waals surface area contributed by atoms with E-state index in [4.69, 9.17) is 14.8 Å². The van der Waals surface area contributed by atoms with Gasteiger partial charge in [0.2, 0.25) is 0 Å². The number of carbonyl (C=O) groups is 2. The summed E-state index contributed by atoms with van der Waals surface area (Å²) in [6.07, 6.45) is 4.08. The van der Waals surface area contributed by atoms with Crippen molar-refractivity contribution < 1.29 is 14.3 Å². The monoisotopic (exact) mass is 689 g/mol. The number of ether oxygens (including phenoxy) is 1. The van der Waals surface area contributed by atoms with E-state index in [1.165, 1.54) is 0 Å². The van der Waals surface area contributed by atoms with Crippen LogP contribution in [0.15, 0.2) is 79.0 Å². The molecule has 3 aromatic carbocycles. The fraction of sp³-hybridized carbons (Fsp3) is 0.385. The van der Waals surface area contributed by atoms with E-state index in [0.717, 1.165) is 75.4 Å². The molecule has 1 atom stereocenters. The van der Waals surface area contributed by atoms with E-state index in [-0.39, 0.29) is 24.1 Å². The zero-order chi connectivity index (χ0) is 34.8. The van der Waals surface area contributed by atoms with E-state index < -0.39 is 8.07 Å². The van der Waals surface area contributed by atoms with Crippen molar-refractivity contribution in [3.8, 4) is 0 Å². The summed E-state index contributed by atoms with van der Waals surface area (Å²) in [6.45, 7) is 12.1. The number of likely N-dealkylation sites (tertiary alicyclic amines) is 1. The van der Waals surface area contributed by atoms with Gasteiger partial charge >= 0.3 is 12.1 Å². The van der Waals surface area contributed by atoms with Crippen LogP contribution in [0, 0.1) is 6.92 Å². The fourth-order valence-electron chi connectivity index (χ4n) is 7.04. The quantitative estimate of drug-likeness (QED) is 0.116. The van der Waals surface area contributed by atoms with Gasteiger partial charge in [-0.05, 0) is 67.1 Å². The largest absolute Gasteiger partial charge is 0.362 e. The first-order valence-corrected chi connectivity index (χ1v) is 21.4. The molecular weight excluding hydrogens is 643 g/mol. The summed E-state index contributed by atoms with van der Waals surface area (Å²) >= 11 is 0. The molecule has 0 aliphatic carbocycles. The van der Waals surface area contributed by atoms with Gasteiger partial charge in [-0.15, -0.1) is 14.1 Å². The van der Waals surface area contributed by atoms with Gasteiger partial charge in [0.25, 0.3) is 0 Å². The number of urea groups is 2. The van der Waals surface area contributed by atoms with Crippen LogP contribution in [0.2, 0.25) is 25.7 Å². The first kappa shape index (κ1) is 33.7. The van der Waals surface area contributed by atoms with Crippen LogP contribution in [0.25, 0.3) is 21.8 Å². The Labute approximate surface area is 294 Å². The number of nitrogens with one attached hydrogen (secondary N) is 2. The number of rotatable bonds is 10. The van der Waals surface area contributed by atoms with Crippen LogP contribution in [-0.2, 0) is 24.4 Å². The first-order chi connectivity index (χ1) is 24.1. The number of hydrogen-bond acceptors (Lipinski definition) is 5. The van der Waals surface area contributed by atoms with Crippen LogP contribution in [0.1, 0.15) is 41.3 Å². The number of anilines is 1. The molecule has 0 saturated carbocycles. The standard InChI is InChI=1S/C39H47N7O3Si/c1-27-21-28(22-31-24-45(43-37(27)31)26-49-19-20-50(2,3)4)23-36(35-14-13-29-9-5-7-11-33(29)40-35)42-38(47)44-17-15-32(16-18-44)46-25-30-10-6-8-12-34(30)41-39(46)48/h5-14,21-22,24,32,36H,15-20,23,25-26H2,1-4H3,(H,41,48)(H,42,47)/q-1. The number of fused-ring (bicyclic) bond motifs is 3. The Bertz CT molecular complexity index is 2010. The zero-order valence-electron chi connectivity index (χ0n) is 29.5. The fourth-order valence-corrected chi connectivity index (χ4v) is 7.79. The Hall–Kier alpha value is -4.74. The lowest BCUT2D eigenvalue weighted by atomic mass is 9.98.